The molecule has 2 aromatic carbocycles. The summed E-state index contributed by atoms with van der Waals surface area (Å²) in [5, 5.41) is 15.3. The number of aliphatic hydroxyl groups excluding tert-OH is 1. The Morgan fingerprint density at radius 1 is 1.10 bits per heavy atom. The Labute approximate surface area is 132 Å². The zero-order valence-electron chi connectivity index (χ0n) is 11.4. The lowest BCUT2D eigenvalue weighted by atomic mass is 10.1. The van der Waals surface area contributed by atoms with Gasteiger partial charge in [-0.2, -0.15) is 0 Å². The standard InChI is InChI=1S/C16H17BrN2O2/c17-13-6-8-14(9-7-13)19-16(21)10-18-15(11-20)12-4-2-1-3-5-12/h1-9,15,18,20H,10-11H2,(H,19,21). The Morgan fingerprint density at radius 2 is 1.76 bits per heavy atom. The summed E-state index contributed by atoms with van der Waals surface area (Å²) in [6.45, 7) is 0.0752. The smallest absolute Gasteiger partial charge is 0.238 e. The number of carbonyl (C=O) groups excluding carboxylic acids is 1. The molecule has 3 N–H and O–H groups in total. The van der Waals surface area contributed by atoms with E-state index in [2.05, 4.69) is 26.6 Å². The molecule has 0 aliphatic rings. The summed E-state index contributed by atoms with van der Waals surface area (Å²) in [4.78, 5) is 11.9. The second-order valence-corrected chi connectivity index (χ2v) is 5.50. The molecule has 0 fully saturated rings. The van der Waals surface area contributed by atoms with Gasteiger partial charge in [0, 0.05) is 10.2 Å². The van der Waals surface area contributed by atoms with Crippen molar-refractivity contribution in [2.24, 2.45) is 0 Å². The van der Waals surface area contributed by atoms with E-state index < -0.39 is 0 Å². The van der Waals surface area contributed by atoms with Crippen molar-refractivity contribution < 1.29 is 9.90 Å². The topological polar surface area (TPSA) is 61.4 Å². The van der Waals surface area contributed by atoms with Crippen molar-refractivity contribution in [3.8, 4) is 0 Å². The molecule has 0 bridgehead atoms. The molecule has 1 amide bonds. The molecule has 0 aliphatic heterocycles. The Hall–Kier alpha value is -1.69. The number of carbonyl (C=O) groups is 1. The summed E-state index contributed by atoms with van der Waals surface area (Å²) >= 11 is 3.34. The van der Waals surface area contributed by atoms with Crippen LogP contribution in [0.1, 0.15) is 11.6 Å². The van der Waals surface area contributed by atoms with E-state index in [0.717, 1.165) is 15.7 Å². The number of aliphatic hydroxyl groups is 1. The van der Waals surface area contributed by atoms with E-state index in [9.17, 15) is 9.90 Å². The third kappa shape index (κ3) is 4.97. The van der Waals surface area contributed by atoms with E-state index in [-0.39, 0.29) is 25.1 Å². The van der Waals surface area contributed by atoms with Gasteiger partial charge in [-0.1, -0.05) is 46.3 Å². The fourth-order valence-electron chi connectivity index (χ4n) is 1.93. The van der Waals surface area contributed by atoms with Crippen molar-refractivity contribution >= 4 is 27.5 Å². The Morgan fingerprint density at radius 3 is 2.38 bits per heavy atom. The maximum atomic E-state index is 11.9. The molecular formula is C16H17BrN2O2. The molecule has 2 rings (SSSR count). The molecule has 110 valence electrons. The highest BCUT2D eigenvalue weighted by Crippen LogP contribution is 2.14. The highest BCUT2D eigenvalue weighted by molar-refractivity contribution is 9.10. The maximum Gasteiger partial charge on any atom is 0.238 e. The van der Waals surface area contributed by atoms with E-state index in [1.54, 1.807) is 0 Å². The second kappa shape index (κ2) is 7.93. The van der Waals surface area contributed by atoms with Crippen LogP contribution < -0.4 is 10.6 Å². The Balaban J connectivity index is 1.86. The zero-order chi connectivity index (χ0) is 15.1. The van der Waals surface area contributed by atoms with Gasteiger partial charge in [0.05, 0.1) is 19.2 Å². The molecule has 0 heterocycles. The number of benzene rings is 2. The summed E-state index contributed by atoms with van der Waals surface area (Å²) in [6.07, 6.45) is 0. The number of amides is 1. The number of nitrogens with one attached hydrogen (secondary N) is 2. The first-order valence-corrected chi connectivity index (χ1v) is 7.43. The molecular weight excluding hydrogens is 332 g/mol. The van der Waals surface area contributed by atoms with Crippen LogP contribution in [0.25, 0.3) is 0 Å². The van der Waals surface area contributed by atoms with Gasteiger partial charge in [-0.3, -0.25) is 10.1 Å². The van der Waals surface area contributed by atoms with Gasteiger partial charge in [0.1, 0.15) is 0 Å². The molecule has 1 unspecified atom stereocenters. The first-order chi connectivity index (χ1) is 10.2. The summed E-state index contributed by atoms with van der Waals surface area (Å²) < 4.78 is 0.961. The van der Waals surface area contributed by atoms with Gasteiger partial charge in [-0.05, 0) is 29.8 Å². The predicted octanol–water partition coefficient (Wildman–Crippen LogP) is 2.71. The van der Waals surface area contributed by atoms with Crippen molar-refractivity contribution in [2.75, 3.05) is 18.5 Å². The summed E-state index contributed by atoms with van der Waals surface area (Å²) in [6, 6.07) is 16.7. The zero-order valence-corrected chi connectivity index (χ0v) is 13.0. The lowest BCUT2D eigenvalue weighted by Gasteiger charge is -2.16. The molecule has 0 spiro atoms. The average molecular weight is 349 g/mol. The van der Waals surface area contributed by atoms with Crippen LogP contribution in [0, 0.1) is 0 Å². The van der Waals surface area contributed by atoms with Gasteiger partial charge < -0.3 is 10.4 Å². The Bertz CT molecular complexity index is 573. The molecule has 21 heavy (non-hydrogen) atoms. The summed E-state index contributed by atoms with van der Waals surface area (Å²) in [5.41, 5.74) is 1.70. The number of anilines is 1. The minimum atomic E-state index is -0.248. The summed E-state index contributed by atoms with van der Waals surface area (Å²) in [7, 11) is 0. The van der Waals surface area contributed by atoms with Crippen molar-refractivity contribution in [1.29, 1.82) is 0 Å². The molecule has 0 aromatic heterocycles. The van der Waals surface area contributed by atoms with Crippen molar-refractivity contribution in [2.45, 2.75) is 6.04 Å². The highest BCUT2D eigenvalue weighted by Gasteiger charge is 2.11. The SMILES string of the molecule is O=C(CNC(CO)c1ccccc1)Nc1ccc(Br)cc1. The van der Waals surface area contributed by atoms with Gasteiger partial charge >= 0.3 is 0 Å². The predicted molar refractivity (Wildman–Crippen MR) is 87.0 cm³/mol. The van der Waals surface area contributed by atoms with E-state index >= 15 is 0 Å². The lowest BCUT2D eigenvalue weighted by Crippen LogP contribution is -2.32. The lowest BCUT2D eigenvalue weighted by molar-refractivity contribution is -0.115. The second-order valence-electron chi connectivity index (χ2n) is 4.58. The molecule has 0 saturated heterocycles. The first-order valence-electron chi connectivity index (χ1n) is 6.63. The van der Waals surface area contributed by atoms with E-state index in [1.165, 1.54) is 0 Å². The van der Waals surface area contributed by atoms with Crippen LogP contribution in [0.5, 0.6) is 0 Å². The highest BCUT2D eigenvalue weighted by atomic mass is 79.9. The third-order valence-corrected chi connectivity index (χ3v) is 3.55. The fraction of sp³-hybridized carbons (Fsp3) is 0.188. The van der Waals surface area contributed by atoms with Crippen LogP contribution in [0.2, 0.25) is 0 Å². The minimum absolute atomic E-state index is 0.0599. The molecule has 0 saturated carbocycles. The molecule has 0 radical (unpaired) electrons. The van der Waals surface area contributed by atoms with E-state index in [1.807, 2.05) is 54.6 Å². The van der Waals surface area contributed by atoms with Crippen LogP contribution >= 0.6 is 15.9 Å². The molecule has 0 aliphatic carbocycles. The van der Waals surface area contributed by atoms with Crippen molar-refractivity contribution in [3.05, 3.63) is 64.6 Å². The maximum absolute atomic E-state index is 11.9. The van der Waals surface area contributed by atoms with Gasteiger partial charge in [-0.25, -0.2) is 0 Å². The van der Waals surface area contributed by atoms with E-state index in [0.29, 0.717) is 0 Å². The number of rotatable bonds is 6. The van der Waals surface area contributed by atoms with Gasteiger partial charge in [0.25, 0.3) is 0 Å². The van der Waals surface area contributed by atoms with E-state index in [4.69, 9.17) is 0 Å². The molecule has 5 heteroatoms. The van der Waals surface area contributed by atoms with Crippen molar-refractivity contribution in [3.63, 3.8) is 0 Å². The quantitative estimate of drug-likeness (QED) is 0.752. The van der Waals surface area contributed by atoms with Crippen molar-refractivity contribution in [1.82, 2.24) is 5.32 Å². The number of hydrogen-bond donors (Lipinski definition) is 3. The third-order valence-electron chi connectivity index (χ3n) is 3.02. The molecule has 1 atom stereocenters. The number of halogens is 1. The van der Waals surface area contributed by atoms with Crippen LogP contribution in [0.15, 0.2) is 59.1 Å². The van der Waals surface area contributed by atoms with Crippen LogP contribution in [-0.2, 0) is 4.79 Å². The molecule has 2 aromatic rings. The van der Waals surface area contributed by atoms with Gasteiger partial charge in [-0.15, -0.1) is 0 Å². The minimum Gasteiger partial charge on any atom is -0.394 e. The molecule has 4 nitrogen and oxygen atoms in total. The van der Waals surface area contributed by atoms with Crippen LogP contribution in [0.3, 0.4) is 0 Å². The van der Waals surface area contributed by atoms with Gasteiger partial charge in [0.15, 0.2) is 0 Å². The monoisotopic (exact) mass is 348 g/mol. The average Bonchev–Trinajstić information content (AvgIpc) is 2.51. The normalized spacial score (nSPS) is 11.9. The van der Waals surface area contributed by atoms with Crippen LogP contribution in [0.4, 0.5) is 5.69 Å². The number of hydrogen-bond acceptors (Lipinski definition) is 3. The van der Waals surface area contributed by atoms with Gasteiger partial charge in [0.2, 0.25) is 5.91 Å². The largest absolute Gasteiger partial charge is 0.394 e. The van der Waals surface area contributed by atoms with Crippen LogP contribution in [-0.4, -0.2) is 24.2 Å². The first kappa shape index (κ1) is 15.7. The summed E-state index contributed by atoms with van der Waals surface area (Å²) in [5.74, 6) is -0.147. The fourth-order valence-corrected chi connectivity index (χ4v) is 2.19. The Kier molecular flexibility index (Phi) is 5.92.